The summed E-state index contributed by atoms with van der Waals surface area (Å²) in [6.07, 6.45) is -0.394. The molecular weight excluding hydrogens is 316 g/mol. The summed E-state index contributed by atoms with van der Waals surface area (Å²) in [5.74, 6) is -0.347. The molecule has 0 spiro atoms. The number of aliphatic carboxylic acids is 1. The predicted molar refractivity (Wildman–Crippen MR) is 98.0 cm³/mol. The highest BCUT2D eigenvalue weighted by molar-refractivity contribution is 5.72. The SMILES string of the molecule is CCC(CC(O)C(=O)O)c1ccccc1COc1cc(C)ccc1C. The summed E-state index contributed by atoms with van der Waals surface area (Å²) in [5.41, 5.74) is 4.28. The van der Waals surface area contributed by atoms with Crippen LogP contribution in [-0.4, -0.2) is 22.3 Å². The first-order valence-electron chi connectivity index (χ1n) is 8.61. The Kier molecular flexibility index (Phi) is 6.59. The van der Waals surface area contributed by atoms with E-state index in [4.69, 9.17) is 9.84 Å². The largest absolute Gasteiger partial charge is 0.489 e. The monoisotopic (exact) mass is 342 g/mol. The molecular formula is C21H26O4. The van der Waals surface area contributed by atoms with Gasteiger partial charge in [-0.2, -0.15) is 0 Å². The quantitative estimate of drug-likeness (QED) is 0.754. The highest BCUT2D eigenvalue weighted by atomic mass is 16.5. The van der Waals surface area contributed by atoms with Crippen LogP contribution in [0.5, 0.6) is 5.75 Å². The average molecular weight is 342 g/mol. The number of benzene rings is 2. The number of rotatable bonds is 8. The number of ether oxygens (including phenoxy) is 1. The van der Waals surface area contributed by atoms with E-state index in [1.165, 1.54) is 0 Å². The number of aliphatic hydroxyl groups excluding tert-OH is 1. The lowest BCUT2D eigenvalue weighted by Gasteiger charge is -2.21. The minimum Gasteiger partial charge on any atom is -0.489 e. The van der Waals surface area contributed by atoms with Crippen LogP contribution in [0.25, 0.3) is 0 Å². The first-order valence-corrected chi connectivity index (χ1v) is 8.61. The first kappa shape index (κ1) is 19.0. The Morgan fingerprint density at radius 3 is 2.56 bits per heavy atom. The standard InChI is InChI=1S/C21H26O4/c1-4-16(12-19(22)21(23)24)18-8-6-5-7-17(18)13-25-20-11-14(2)9-10-15(20)3/h5-11,16,19,22H,4,12-13H2,1-3H3,(H,23,24). The molecule has 0 saturated carbocycles. The van der Waals surface area contributed by atoms with Gasteiger partial charge in [0.1, 0.15) is 12.4 Å². The lowest BCUT2D eigenvalue weighted by atomic mass is 9.88. The van der Waals surface area contributed by atoms with Crippen molar-refractivity contribution in [3.63, 3.8) is 0 Å². The topological polar surface area (TPSA) is 66.8 Å². The summed E-state index contributed by atoms with van der Waals surface area (Å²) < 4.78 is 6.01. The highest BCUT2D eigenvalue weighted by Crippen LogP contribution is 2.29. The van der Waals surface area contributed by atoms with E-state index in [9.17, 15) is 9.90 Å². The van der Waals surface area contributed by atoms with Crippen molar-refractivity contribution < 1.29 is 19.7 Å². The molecule has 2 aromatic rings. The van der Waals surface area contributed by atoms with Crippen molar-refractivity contribution in [2.24, 2.45) is 0 Å². The molecule has 2 N–H and O–H groups in total. The van der Waals surface area contributed by atoms with Gasteiger partial charge >= 0.3 is 5.97 Å². The fourth-order valence-corrected chi connectivity index (χ4v) is 2.97. The van der Waals surface area contributed by atoms with E-state index in [1.807, 2.05) is 57.2 Å². The van der Waals surface area contributed by atoms with Crippen molar-refractivity contribution in [3.05, 3.63) is 64.7 Å². The number of hydrogen-bond donors (Lipinski definition) is 2. The Morgan fingerprint density at radius 2 is 1.88 bits per heavy atom. The van der Waals surface area contributed by atoms with Gasteiger partial charge < -0.3 is 14.9 Å². The van der Waals surface area contributed by atoms with Gasteiger partial charge in [-0.3, -0.25) is 0 Å². The second-order valence-corrected chi connectivity index (χ2v) is 6.45. The predicted octanol–water partition coefficient (Wildman–Crippen LogP) is 4.21. The number of aliphatic hydroxyl groups is 1. The number of carbonyl (C=O) groups is 1. The summed E-state index contributed by atoms with van der Waals surface area (Å²) in [5, 5.41) is 18.7. The molecule has 0 amide bonds. The Balaban J connectivity index is 2.19. The lowest BCUT2D eigenvalue weighted by Crippen LogP contribution is -2.22. The third kappa shape index (κ3) is 5.07. The molecule has 0 heterocycles. The lowest BCUT2D eigenvalue weighted by molar-refractivity contribution is -0.147. The summed E-state index contributed by atoms with van der Waals surface area (Å²) in [7, 11) is 0. The molecule has 0 saturated heterocycles. The third-order valence-corrected chi connectivity index (χ3v) is 4.51. The molecule has 2 aromatic carbocycles. The zero-order chi connectivity index (χ0) is 18.4. The summed E-state index contributed by atoms with van der Waals surface area (Å²) in [4.78, 5) is 11.0. The summed E-state index contributed by atoms with van der Waals surface area (Å²) >= 11 is 0. The maximum absolute atomic E-state index is 11.0. The van der Waals surface area contributed by atoms with Crippen molar-refractivity contribution in [2.75, 3.05) is 0 Å². The molecule has 0 bridgehead atoms. The first-order chi connectivity index (χ1) is 11.9. The molecule has 2 unspecified atom stereocenters. The van der Waals surface area contributed by atoms with E-state index in [0.29, 0.717) is 6.61 Å². The molecule has 4 nitrogen and oxygen atoms in total. The molecule has 0 aliphatic rings. The van der Waals surface area contributed by atoms with Gasteiger partial charge in [0.15, 0.2) is 6.10 Å². The second-order valence-electron chi connectivity index (χ2n) is 6.45. The number of aryl methyl sites for hydroxylation is 2. The molecule has 2 atom stereocenters. The van der Waals surface area contributed by atoms with E-state index < -0.39 is 12.1 Å². The maximum Gasteiger partial charge on any atom is 0.332 e. The summed E-state index contributed by atoms with van der Waals surface area (Å²) in [6.45, 7) is 6.46. The van der Waals surface area contributed by atoms with E-state index in [1.54, 1.807) is 0 Å². The van der Waals surface area contributed by atoms with Crippen LogP contribution in [0.2, 0.25) is 0 Å². The molecule has 4 heteroatoms. The van der Waals surface area contributed by atoms with Gasteiger partial charge in [-0.25, -0.2) is 4.79 Å². The molecule has 0 radical (unpaired) electrons. The third-order valence-electron chi connectivity index (χ3n) is 4.51. The number of carboxylic acid groups (broad SMARTS) is 1. The van der Waals surface area contributed by atoms with Crippen LogP contribution in [0.3, 0.4) is 0 Å². The molecule has 0 fully saturated rings. The van der Waals surface area contributed by atoms with Gasteiger partial charge in [-0.1, -0.05) is 43.3 Å². The van der Waals surface area contributed by atoms with E-state index in [0.717, 1.165) is 34.4 Å². The van der Waals surface area contributed by atoms with Gasteiger partial charge in [-0.15, -0.1) is 0 Å². The van der Waals surface area contributed by atoms with E-state index in [2.05, 4.69) is 6.07 Å². The zero-order valence-electron chi connectivity index (χ0n) is 15.0. The smallest absolute Gasteiger partial charge is 0.332 e. The van der Waals surface area contributed by atoms with E-state index >= 15 is 0 Å². The Hall–Kier alpha value is -2.33. The van der Waals surface area contributed by atoms with Crippen LogP contribution in [0.4, 0.5) is 0 Å². The summed E-state index contributed by atoms with van der Waals surface area (Å²) in [6, 6.07) is 14.0. The van der Waals surface area contributed by atoms with Gasteiger partial charge in [0.25, 0.3) is 0 Å². The van der Waals surface area contributed by atoms with Crippen LogP contribution >= 0.6 is 0 Å². The van der Waals surface area contributed by atoms with Crippen LogP contribution < -0.4 is 4.74 Å². The van der Waals surface area contributed by atoms with Gasteiger partial charge in [0, 0.05) is 0 Å². The van der Waals surface area contributed by atoms with Crippen LogP contribution in [0, 0.1) is 13.8 Å². The fourth-order valence-electron chi connectivity index (χ4n) is 2.97. The molecule has 0 aliphatic carbocycles. The van der Waals surface area contributed by atoms with Crippen molar-refractivity contribution in [2.45, 2.75) is 52.2 Å². The number of hydrogen-bond acceptors (Lipinski definition) is 3. The zero-order valence-corrected chi connectivity index (χ0v) is 15.0. The van der Waals surface area contributed by atoms with Gasteiger partial charge in [-0.05, 0) is 60.9 Å². The molecule has 0 aromatic heterocycles. The van der Waals surface area contributed by atoms with Gasteiger partial charge in [0.05, 0.1) is 0 Å². The van der Waals surface area contributed by atoms with Crippen LogP contribution in [0.1, 0.15) is 47.9 Å². The molecule has 0 aliphatic heterocycles. The van der Waals surface area contributed by atoms with Crippen LogP contribution in [-0.2, 0) is 11.4 Å². The van der Waals surface area contributed by atoms with Crippen molar-refractivity contribution in [1.29, 1.82) is 0 Å². The Morgan fingerprint density at radius 1 is 1.16 bits per heavy atom. The normalized spacial score (nSPS) is 13.3. The average Bonchev–Trinajstić information content (AvgIpc) is 2.60. The Labute approximate surface area is 149 Å². The second kappa shape index (κ2) is 8.67. The van der Waals surface area contributed by atoms with Crippen molar-refractivity contribution in [1.82, 2.24) is 0 Å². The Bertz CT molecular complexity index is 724. The fraction of sp³-hybridized carbons (Fsp3) is 0.381. The maximum atomic E-state index is 11.0. The van der Waals surface area contributed by atoms with E-state index in [-0.39, 0.29) is 12.3 Å². The minimum absolute atomic E-state index is 0.0236. The molecule has 2 rings (SSSR count). The van der Waals surface area contributed by atoms with Crippen molar-refractivity contribution >= 4 is 5.97 Å². The molecule has 134 valence electrons. The van der Waals surface area contributed by atoms with Crippen molar-refractivity contribution in [3.8, 4) is 5.75 Å². The molecule has 25 heavy (non-hydrogen) atoms. The van der Waals surface area contributed by atoms with Gasteiger partial charge in [0.2, 0.25) is 0 Å². The number of carboxylic acids is 1. The highest BCUT2D eigenvalue weighted by Gasteiger charge is 2.22. The minimum atomic E-state index is -1.35. The van der Waals surface area contributed by atoms with Crippen LogP contribution in [0.15, 0.2) is 42.5 Å².